The molecule has 5 heteroatoms. The second-order valence-corrected chi connectivity index (χ2v) is 4.87. The summed E-state index contributed by atoms with van der Waals surface area (Å²) in [6, 6.07) is 10.1. The summed E-state index contributed by atoms with van der Waals surface area (Å²) in [4.78, 5) is 8.51. The van der Waals surface area contributed by atoms with Crippen molar-refractivity contribution < 1.29 is 0 Å². The van der Waals surface area contributed by atoms with Crippen molar-refractivity contribution in [3.8, 4) is 11.3 Å². The largest absolute Gasteiger partial charge is 0.305 e. The summed E-state index contributed by atoms with van der Waals surface area (Å²) in [5.41, 5.74) is 4.19. The average Bonchev–Trinajstić information content (AvgIpc) is 3.03. The van der Waals surface area contributed by atoms with Crippen LogP contribution in [0.15, 0.2) is 55.1 Å². The molecule has 3 aromatic heterocycles. The second kappa shape index (κ2) is 6.28. The predicted molar refractivity (Wildman–Crippen MR) is 81.3 cm³/mol. The van der Waals surface area contributed by atoms with Gasteiger partial charge in [-0.05, 0) is 31.2 Å². The van der Waals surface area contributed by atoms with Gasteiger partial charge in [0, 0.05) is 42.3 Å². The summed E-state index contributed by atoms with van der Waals surface area (Å²) in [6.45, 7) is 2.82. The van der Waals surface area contributed by atoms with Crippen molar-refractivity contribution >= 4 is 0 Å². The first kappa shape index (κ1) is 13.5. The zero-order valence-electron chi connectivity index (χ0n) is 11.8. The fraction of sp³-hybridized carbons (Fsp3) is 0.188. The van der Waals surface area contributed by atoms with Crippen LogP contribution in [0.1, 0.15) is 24.2 Å². The molecule has 3 rings (SSSR count). The van der Waals surface area contributed by atoms with Gasteiger partial charge in [-0.2, -0.15) is 5.10 Å². The van der Waals surface area contributed by atoms with Crippen LogP contribution in [0.25, 0.3) is 11.3 Å². The van der Waals surface area contributed by atoms with Gasteiger partial charge in [0.05, 0.1) is 17.6 Å². The van der Waals surface area contributed by atoms with Crippen LogP contribution in [0.4, 0.5) is 0 Å². The lowest BCUT2D eigenvalue weighted by Gasteiger charge is -2.13. The summed E-state index contributed by atoms with van der Waals surface area (Å²) >= 11 is 0. The third-order valence-electron chi connectivity index (χ3n) is 3.40. The van der Waals surface area contributed by atoms with Crippen LogP contribution in [-0.4, -0.2) is 20.2 Å². The van der Waals surface area contributed by atoms with Gasteiger partial charge in [-0.1, -0.05) is 6.07 Å². The fourth-order valence-electron chi connectivity index (χ4n) is 2.21. The fourth-order valence-corrected chi connectivity index (χ4v) is 2.21. The Morgan fingerprint density at radius 3 is 2.86 bits per heavy atom. The smallest absolute Gasteiger partial charge is 0.0710 e. The summed E-state index contributed by atoms with van der Waals surface area (Å²) in [5, 5.41) is 10.6. The standard InChI is InChI=1S/C16H17N5/c1-12(15-6-2-3-8-18-15)19-10-14-11-20-21-16(14)13-5-4-7-17-9-13/h2-9,11-12,19H,10H2,1H3,(H,20,21)/t12-/m1/s1. The Balaban J connectivity index is 1.71. The molecule has 0 saturated heterocycles. The maximum absolute atomic E-state index is 4.36. The number of aromatic nitrogens is 4. The summed E-state index contributed by atoms with van der Waals surface area (Å²) < 4.78 is 0. The van der Waals surface area contributed by atoms with Crippen molar-refractivity contribution in [1.29, 1.82) is 0 Å². The highest BCUT2D eigenvalue weighted by atomic mass is 15.1. The van der Waals surface area contributed by atoms with Crippen LogP contribution in [0.2, 0.25) is 0 Å². The highest BCUT2D eigenvalue weighted by Crippen LogP contribution is 2.20. The minimum atomic E-state index is 0.183. The molecule has 3 heterocycles. The molecule has 0 bridgehead atoms. The van der Waals surface area contributed by atoms with E-state index in [1.807, 2.05) is 48.9 Å². The Bertz CT molecular complexity index is 678. The minimum Gasteiger partial charge on any atom is -0.305 e. The van der Waals surface area contributed by atoms with Crippen LogP contribution < -0.4 is 5.32 Å². The molecule has 106 valence electrons. The Labute approximate surface area is 123 Å². The van der Waals surface area contributed by atoms with E-state index >= 15 is 0 Å². The number of hydrogen-bond acceptors (Lipinski definition) is 4. The molecular weight excluding hydrogens is 262 g/mol. The summed E-state index contributed by atoms with van der Waals surface area (Å²) in [6.07, 6.45) is 7.26. The number of hydrogen-bond donors (Lipinski definition) is 2. The number of rotatable bonds is 5. The number of H-pyrrole nitrogens is 1. The van der Waals surface area contributed by atoms with Crippen LogP contribution in [0.3, 0.4) is 0 Å². The maximum Gasteiger partial charge on any atom is 0.0710 e. The van der Waals surface area contributed by atoms with Gasteiger partial charge >= 0.3 is 0 Å². The van der Waals surface area contributed by atoms with Gasteiger partial charge in [0.15, 0.2) is 0 Å². The lowest BCUT2D eigenvalue weighted by molar-refractivity contribution is 0.562. The zero-order chi connectivity index (χ0) is 14.5. The van der Waals surface area contributed by atoms with Gasteiger partial charge in [0.2, 0.25) is 0 Å². The quantitative estimate of drug-likeness (QED) is 0.753. The second-order valence-electron chi connectivity index (χ2n) is 4.87. The Kier molecular flexibility index (Phi) is 4.02. The highest BCUT2D eigenvalue weighted by Gasteiger charge is 2.10. The number of nitrogens with one attached hydrogen (secondary N) is 2. The molecule has 1 atom stereocenters. The van der Waals surface area contributed by atoms with E-state index in [0.717, 1.165) is 29.1 Å². The van der Waals surface area contributed by atoms with Crippen LogP contribution in [-0.2, 0) is 6.54 Å². The maximum atomic E-state index is 4.36. The molecule has 0 spiro atoms. The van der Waals surface area contributed by atoms with Crippen molar-refractivity contribution in [2.45, 2.75) is 19.5 Å². The van der Waals surface area contributed by atoms with Gasteiger partial charge in [0.25, 0.3) is 0 Å². The molecule has 2 N–H and O–H groups in total. The first-order chi connectivity index (χ1) is 10.3. The molecule has 0 aliphatic rings. The van der Waals surface area contributed by atoms with Crippen LogP contribution in [0.5, 0.6) is 0 Å². The Morgan fingerprint density at radius 1 is 1.14 bits per heavy atom. The predicted octanol–water partition coefficient (Wildman–Crippen LogP) is 2.72. The van der Waals surface area contributed by atoms with Crippen molar-refractivity contribution in [1.82, 2.24) is 25.5 Å². The molecule has 0 saturated carbocycles. The number of pyridine rings is 2. The molecule has 0 aliphatic carbocycles. The first-order valence-electron chi connectivity index (χ1n) is 6.91. The third kappa shape index (κ3) is 3.14. The molecule has 21 heavy (non-hydrogen) atoms. The van der Waals surface area contributed by atoms with Gasteiger partial charge < -0.3 is 5.32 Å². The molecule has 0 amide bonds. The lowest BCUT2D eigenvalue weighted by atomic mass is 10.1. The van der Waals surface area contributed by atoms with E-state index in [9.17, 15) is 0 Å². The van der Waals surface area contributed by atoms with Crippen molar-refractivity contribution in [3.63, 3.8) is 0 Å². The van der Waals surface area contributed by atoms with E-state index in [0.29, 0.717) is 0 Å². The third-order valence-corrected chi connectivity index (χ3v) is 3.40. The molecule has 0 fully saturated rings. The Hall–Kier alpha value is -2.53. The van der Waals surface area contributed by atoms with E-state index in [1.165, 1.54) is 0 Å². The van der Waals surface area contributed by atoms with Gasteiger partial charge in [-0.3, -0.25) is 15.1 Å². The van der Waals surface area contributed by atoms with E-state index in [2.05, 4.69) is 32.4 Å². The number of aromatic amines is 1. The molecule has 3 aromatic rings. The minimum absolute atomic E-state index is 0.183. The molecule has 0 aliphatic heterocycles. The van der Waals surface area contributed by atoms with Crippen LogP contribution >= 0.6 is 0 Å². The van der Waals surface area contributed by atoms with Gasteiger partial charge in [-0.15, -0.1) is 0 Å². The molecular formula is C16H17N5. The lowest BCUT2D eigenvalue weighted by Crippen LogP contribution is -2.19. The average molecular weight is 279 g/mol. The molecule has 0 unspecified atom stereocenters. The zero-order valence-corrected chi connectivity index (χ0v) is 11.8. The van der Waals surface area contributed by atoms with E-state index in [-0.39, 0.29) is 6.04 Å². The van der Waals surface area contributed by atoms with Gasteiger partial charge in [-0.25, -0.2) is 0 Å². The molecule has 0 aromatic carbocycles. The summed E-state index contributed by atoms with van der Waals surface area (Å²) in [5.74, 6) is 0. The van der Waals surface area contributed by atoms with Crippen molar-refractivity contribution in [2.75, 3.05) is 0 Å². The van der Waals surface area contributed by atoms with E-state index in [4.69, 9.17) is 0 Å². The summed E-state index contributed by atoms with van der Waals surface area (Å²) in [7, 11) is 0. The normalized spacial score (nSPS) is 12.2. The Morgan fingerprint density at radius 2 is 2.10 bits per heavy atom. The first-order valence-corrected chi connectivity index (χ1v) is 6.91. The van der Waals surface area contributed by atoms with Gasteiger partial charge in [0.1, 0.15) is 0 Å². The molecule has 5 nitrogen and oxygen atoms in total. The number of nitrogens with zero attached hydrogens (tertiary/aromatic N) is 3. The van der Waals surface area contributed by atoms with Crippen LogP contribution in [0, 0.1) is 0 Å². The van der Waals surface area contributed by atoms with E-state index in [1.54, 1.807) is 6.20 Å². The van der Waals surface area contributed by atoms with E-state index < -0.39 is 0 Å². The SMILES string of the molecule is C[C@@H](NCc1cn[nH]c1-c1cccnc1)c1ccccn1. The van der Waals surface area contributed by atoms with Crippen molar-refractivity contribution in [3.05, 3.63) is 66.4 Å². The highest BCUT2D eigenvalue weighted by molar-refractivity contribution is 5.61. The van der Waals surface area contributed by atoms with Crippen molar-refractivity contribution in [2.24, 2.45) is 0 Å². The molecule has 0 radical (unpaired) electrons. The topological polar surface area (TPSA) is 66.5 Å². The monoisotopic (exact) mass is 279 g/mol.